The third-order valence-electron chi connectivity index (χ3n) is 2.87. The highest BCUT2D eigenvalue weighted by Crippen LogP contribution is 2.27. The van der Waals surface area contributed by atoms with E-state index in [1.807, 2.05) is 53.1 Å². The van der Waals surface area contributed by atoms with Crippen LogP contribution >= 0.6 is 39.7 Å². The average Bonchev–Trinajstić information content (AvgIpc) is 2.85. The van der Waals surface area contributed by atoms with Crippen molar-refractivity contribution in [1.82, 2.24) is 14.8 Å². The molecule has 20 heavy (non-hydrogen) atoms. The third-order valence-corrected chi connectivity index (χ3v) is 4.37. The van der Waals surface area contributed by atoms with Crippen molar-refractivity contribution in [3.63, 3.8) is 0 Å². The second-order valence-electron chi connectivity index (χ2n) is 4.15. The van der Waals surface area contributed by atoms with Gasteiger partial charge in [-0.3, -0.25) is 9.67 Å². The van der Waals surface area contributed by atoms with Crippen LogP contribution in [0.3, 0.4) is 0 Å². The van der Waals surface area contributed by atoms with Crippen LogP contribution in [0.15, 0.2) is 53.0 Å². The zero-order chi connectivity index (χ0) is 14.1. The molecule has 2 aromatic carbocycles. The van der Waals surface area contributed by atoms with Gasteiger partial charge in [-0.1, -0.05) is 41.9 Å². The molecular weight excluding hydrogens is 358 g/mol. The van der Waals surface area contributed by atoms with E-state index in [0.717, 1.165) is 21.5 Å². The van der Waals surface area contributed by atoms with Crippen LogP contribution in [0.4, 0.5) is 0 Å². The SMILES string of the molecule is S=c1[nH]nc(-c2ccccc2)n1-c1ccc(Br)c(Cl)c1. The molecule has 1 heterocycles. The summed E-state index contributed by atoms with van der Waals surface area (Å²) in [6.07, 6.45) is 0. The van der Waals surface area contributed by atoms with Gasteiger partial charge in [0.2, 0.25) is 0 Å². The molecule has 3 nitrogen and oxygen atoms in total. The van der Waals surface area contributed by atoms with E-state index in [1.165, 1.54) is 0 Å². The fraction of sp³-hybridized carbons (Fsp3) is 0. The van der Waals surface area contributed by atoms with Gasteiger partial charge in [0.15, 0.2) is 10.6 Å². The molecule has 0 unspecified atom stereocenters. The molecule has 0 radical (unpaired) electrons. The third kappa shape index (κ3) is 2.44. The van der Waals surface area contributed by atoms with Gasteiger partial charge in [0.25, 0.3) is 0 Å². The number of hydrogen-bond donors (Lipinski definition) is 1. The molecule has 0 saturated heterocycles. The molecule has 0 aliphatic carbocycles. The van der Waals surface area contributed by atoms with Gasteiger partial charge in [0, 0.05) is 10.0 Å². The summed E-state index contributed by atoms with van der Waals surface area (Å²) in [6, 6.07) is 15.5. The highest BCUT2D eigenvalue weighted by molar-refractivity contribution is 9.10. The molecule has 1 N–H and O–H groups in total. The zero-order valence-electron chi connectivity index (χ0n) is 10.2. The van der Waals surface area contributed by atoms with Crippen LogP contribution in [0.2, 0.25) is 5.02 Å². The van der Waals surface area contributed by atoms with Crippen molar-refractivity contribution in [2.75, 3.05) is 0 Å². The molecule has 3 rings (SSSR count). The first-order valence-corrected chi connectivity index (χ1v) is 7.43. The van der Waals surface area contributed by atoms with Gasteiger partial charge in [0.05, 0.1) is 10.7 Å². The Morgan fingerprint density at radius 3 is 2.60 bits per heavy atom. The Kier molecular flexibility index (Phi) is 3.74. The molecule has 0 aliphatic rings. The molecular formula is C14H9BrClN3S. The molecule has 0 spiro atoms. The first kappa shape index (κ1) is 13.5. The van der Waals surface area contributed by atoms with E-state index < -0.39 is 0 Å². The molecule has 0 fully saturated rings. The topological polar surface area (TPSA) is 33.6 Å². The Morgan fingerprint density at radius 1 is 1.15 bits per heavy atom. The van der Waals surface area contributed by atoms with Crippen LogP contribution < -0.4 is 0 Å². The standard InChI is InChI=1S/C14H9BrClN3S/c15-11-7-6-10(8-12(11)16)19-13(17-18-14(19)20)9-4-2-1-3-5-9/h1-8H,(H,18,20). The van der Waals surface area contributed by atoms with Crippen LogP contribution in [0, 0.1) is 4.77 Å². The van der Waals surface area contributed by atoms with Crippen molar-refractivity contribution >= 4 is 39.7 Å². The number of hydrogen-bond acceptors (Lipinski definition) is 2. The van der Waals surface area contributed by atoms with E-state index in [2.05, 4.69) is 26.1 Å². The summed E-state index contributed by atoms with van der Waals surface area (Å²) >= 11 is 14.9. The summed E-state index contributed by atoms with van der Waals surface area (Å²) in [5.74, 6) is 0.758. The zero-order valence-corrected chi connectivity index (χ0v) is 13.3. The quantitative estimate of drug-likeness (QED) is 0.647. The van der Waals surface area contributed by atoms with Gasteiger partial charge in [-0.15, -0.1) is 0 Å². The lowest BCUT2D eigenvalue weighted by Gasteiger charge is -2.08. The molecule has 0 amide bonds. The van der Waals surface area contributed by atoms with Crippen molar-refractivity contribution in [2.45, 2.75) is 0 Å². The second-order valence-corrected chi connectivity index (χ2v) is 5.80. The lowest BCUT2D eigenvalue weighted by molar-refractivity contribution is 1.04. The van der Waals surface area contributed by atoms with Crippen LogP contribution in [0.5, 0.6) is 0 Å². The van der Waals surface area contributed by atoms with Crippen molar-refractivity contribution < 1.29 is 0 Å². The molecule has 3 aromatic rings. The molecule has 0 aliphatic heterocycles. The predicted octanol–water partition coefficient (Wildman–Crippen LogP) is 5.01. The largest absolute Gasteiger partial charge is 0.268 e. The van der Waals surface area contributed by atoms with Crippen molar-refractivity contribution in [1.29, 1.82) is 0 Å². The molecule has 6 heteroatoms. The van der Waals surface area contributed by atoms with Gasteiger partial charge in [-0.25, -0.2) is 0 Å². The highest BCUT2D eigenvalue weighted by Gasteiger charge is 2.11. The van der Waals surface area contributed by atoms with E-state index in [4.69, 9.17) is 23.8 Å². The van der Waals surface area contributed by atoms with Crippen molar-refractivity contribution in [3.05, 3.63) is 62.8 Å². The minimum Gasteiger partial charge on any atom is -0.268 e. The Labute approximate surface area is 134 Å². The molecule has 0 saturated carbocycles. The molecule has 1 aromatic heterocycles. The maximum atomic E-state index is 6.16. The molecule has 0 bridgehead atoms. The van der Waals surface area contributed by atoms with Gasteiger partial charge >= 0.3 is 0 Å². The van der Waals surface area contributed by atoms with E-state index >= 15 is 0 Å². The number of nitrogens with one attached hydrogen (secondary N) is 1. The number of halogens is 2. The van der Waals surface area contributed by atoms with Crippen LogP contribution in [-0.2, 0) is 0 Å². The summed E-state index contributed by atoms with van der Waals surface area (Å²) in [5.41, 5.74) is 1.86. The lowest BCUT2D eigenvalue weighted by atomic mass is 10.2. The Hall–Kier alpha value is -1.43. The first-order valence-electron chi connectivity index (χ1n) is 5.85. The number of H-pyrrole nitrogens is 1. The number of nitrogens with zero attached hydrogens (tertiary/aromatic N) is 2. The van der Waals surface area contributed by atoms with Crippen LogP contribution in [0.1, 0.15) is 0 Å². The smallest absolute Gasteiger partial charge is 0.200 e. The van der Waals surface area contributed by atoms with Gasteiger partial charge < -0.3 is 0 Å². The van der Waals surface area contributed by atoms with Crippen molar-refractivity contribution in [2.24, 2.45) is 0 Å². The number of aromatic amines is 1. The highest BCUT2D eigenvalue weighted by atomic mass is 79.9. The van der Waals surface area contributed by atoms with Gasteiger partial charge in [0.1, 0.15) is 0 Å². The molecule has 0 atom stereocenters. The summed E-state index contributed by atoms with van der Waals surface area (Å²) in [6.45, 7) is 0. The minimum absolute atomic E-state index is 0.530. The van der Waals surface area contributed by atoms with Crippen molar-refractivity contribution in [3.8, 4) is 17.1 Å². The summed E-state index contributed by atoms with van der Waals surface area (Å²) in [5, 5.41) is 7.76. The van der Waals surface area contributed by atoms with Crippen LogP contribution in [-0.4, -0.2) is 14.8 Å². The fourth-order valence-corrected chi connectivity index (χ4v) is 2.60. The summed E-state index contributed by atoms with van der Waals surface area (Å²) in [7, 11) is 0. The Morgan fingerprint density at radius 2 is 1.90 bits per heavy atom. The summed E-state index contributed by atoms with van der Waals surface area (Å²) < 4.78 is 3.24. The predicted molar refractivity (Wildman–Crippen MR) is 86.9 cm³/mol. The first-order chi connectivity index (χ1) is 9.66. The number of aromatic nitrogens is 3. The Bertz CT molecular complexity index is 811. The maximum Gasteiger partial charge on any atom is 0.200 e. The van der Waals surface area contributed by atoms with E-state index in [1.54, 1.807) is 0 Å². The lowest BCUT2D eigenvalue weighted by Crippen LogP contribution is -1.97. The number of rotatable bonds is 2. The Balaban J connectivity index is 2.22. The molecule has 100 valence electrons. The van der Waals surface area contributed by atoms with E-state index in [9.17, 15) is 0 Å². The monoisotopic (exact) mass is 365 g/mol. The average molecular weight is 367 g/mol. The minimum atomic E-state index is 0.530. The second kappa shape index (κ2) is 5.52. The number of benzene rings is 2. The fourth-order valence-electron chi connectivity index (χ4n) is 1.94. The summed E-state index contributed by atoms with van der Waals surface area (Å²) in [4.78, 5) is 0. The van der Waals surface area contributed by atoms with Gasteiger partial charge in [-0.2, -0.15) is 5.10 Å². The van der Waals surface area contributed by atoms with Crippen LogP contribution in [0.25, 0.3) is 17.1 Å². The maximum absolute atomic E-state index is 6.16. The van der Waals surface area contributed by atoms with E-state index in [-0.39, 0.29) is 0 Å². The van der Waals surface area contributed by atoms with Gasteiger partial charge in [-0.05, 0) is 46.3 Å². The van der Waals surface area contributed by atoms with E-state index in [0.29, 0.717) is 9.79 Å². The normalized spacial score (nSPS) is 10.7.